The molecule has 0 aromatic heterocycles. The molecule has 1 unspecified atom stereocenters. The van der Waals surface area contributed by atoms with Crippen molar-refractivity contribution >= 4 is 17.6 Å². The molecule has 2 aromatic rings. The standard InChI is InChI=1S/C26H31FN4O3/c1-29-12-14-30(15-13-29)23-10-5-19(17-24(23)33-2)16-20-4-3-11-31-25(20)28-34-26(31,18-32)21-6-8-22(27)9-7-21/h5-10,16-17,32H,3-4,11-15,18H2,1-2H3. The van der Waals surface area contributed by atoms with Crippen molar-refractivity contribution in [2.75, 3.05) is 58.4 Å². The summed E-state index contributed by atoms with van der Waals surface area (Å²) in [7, 11) is 3.86. The Kier molecular flexibility index (Phi) is 6.18. The van der Waals surface area contributed by atoms with E-state index in [0.29, 0.717) is 17.9 Å². The van der Waals surface area contributed by atoms with E-state index >= 15 is 0 Å². The lowest BCUT2D eigenvalue weighted by Gasteiger charge is -2.38. The highest BCUT2D eigenvalue weighted by Crippen LogP contribution is 2.40. The fraction of sp³-hybridized carbons (Fsp3) is 0.423. The predicted octanol–water partition coefficient (Wildman–Crippen LogP) is 3.25. The number of likely N-dealkylation sites (N-methyl/N-ethyl adjacent to an activating group) is 1. The molecule has 0 amide bonds. The van der Waals surface area contributed by atoms with Crippen molar-refractivity contribution in [1.82, 2.24) is 9.80 Å². The summed E-state index contributed by atoms with van der Waals surface area (Å²) < 4.78 is 19.2. The number of amidine groups is 1. The lowest BCUT2D eigenvalue weighted by Crippen LogP contribution is -2.51. The Labute approximate surface area is 199 Å². The molecule has 5 rings (SSSR count). The van der Waals surface area contributed by atoms with Gasteiger partial charge in [0.15, 0.2) is 5.84 Å². The number of fused-ring (bicyclic) bond motifs is 1. The number of ether oxygens (including phenoxy) is 1. The fourth-order valence-corrected chi connectivity index (χ4v) is 5.00. The van der Waals surface area contributed by atoms with Crippen LogP contribution in [0.25, 0.3) is 6.08 Å². The summed E-state index contributed by atoms with van der Waals surface area (Å²) in [5.41, 5.74) is 2.72. The van der Waals surface area contributed by atoms with E-state index in [2.05, 4.69) is 46.3 Å². The summed E-state index contributed by atoms with van der Waals surface area (Å²) in [6.07, 6.45) is 3.86. The summed E-state index contributed by atoms with van der Waals surface area (Å²) >= 11 is 0. The van der Waals surface area contributed by atoms with E-state index in [9.17, 15) is 9.50 Å². The van der Waals surface area contributed by atoms with Crippen molar-refractivity contribution in [2.24, 2.45) is 5.16 Å². The van der Waals surface area contributed by atoms with Crippen LogP contribution in [-0.4, -0.2) is 74.2 Å². The van der Waals surface area contributed by atoms with Crippen LogP contribution in [0, 0.1) is 5.82 Å². The molecule has 0 radical (unpaired) electrons. The van der Waals surface area contributed by atoms with Gasteiger partial charge in [-0.25, -0.2) is 4.39 Å². The molecule has 0 spiro atoms. The molecule has 3 heterocycles. The van der Waals surface area contributed by atoms with Gasteiger partial charge in [0.1, 0.15) is 18.2 Å². The average Bonchev–Trinajstić information content (AvgIpc) is 3.26. The van der Waals surface area contributed by atoms with Crippen LogP contribution in [0.4, 0.5) is 10.1 Å². The van der Waals surface area contributed by atoms with Crippen LogP contribution in [-0.2, 0) is 10.6 Å². The maximum atomic E-state index is 13.5. The van der Waals surface area contributed by atoms with Crippen molar-refractivity contribution in [3.05, 3.63) is 65.0 Å². The van der Waals surface area contributed by atoms with Gasteiger partial charge in [-0.15, -0.1) is 0 Å². The number of methoxy groups -OCH3 is 1. The number of benzene rings is 2. The molecule has 1 atom stereocenters. The number of rotatable bonds is 5. The zero-order chi connectivity index (χ0) is 23.7. The molecule has 1 N–H and O–H groups in total. The van der Waals surface area contributed by atoms with Crippen LogP contribution >= 0.6 is 0 Å². The Balaban J connectivity index is 1.42. The summed E-state index contributed by atoms with van der Waals surface area (Å²) in [5, 5.41) is 14.7. The van der Waals surface area contributed by atoms with E-state index in [1.165, 1.54) is 12.1 Å². The van der Waals surface area contributed by atoms with Gasteiger partial charge >= 0.3 is 0 Å². The van der Waals surface area contributed by atoms with Gasteiger partial charge in [0, 0.05) is 38.3 Å². The number of piperidine rings is 1. The van der Waals surface area contributed by atoms with E-state index in [4.69, 9.17) is 9.57 Å². The van der Waals surface area contributed by atoms with Crippen molar-refractivity contribution in [3.63, 3.8) is 0 Å². The van der Waals surface area contributed by atoms with Gasteiger partial charge in [-0.3, -0.25) is 0 Å². The number of piperazine rings is 1. The van der Waals surface area contributed by atoms with Gasteiger partial charge < -0.3 is 29.4 Å². The maximum Gasteiger partial charge on any atom is 0.260 e. The van der Waals surface area contributed by atoms with Crippen LogP contribution in [0.15, 0.2) is 53.2 Å². The van der Waals surface area contributed by atoms with Crippen LogP contribution in [0.3, 0.4) is 0 Å². The molecule has 2 saturated heterocycles. The topological polar surface area (TPSA) is 60.8 Å². The van der Waals surface area contributed by atoms with E-state index in [1.807, 2.05) is 4.90 Å². The quantitative estimate of drug-likeness (QED) is 0.730. The SMILES string of the molecule is COc1cc(C=C2CCCN3C2=NOC3(CO)c2ccc(F)cc2)ccc1N1CCN(C)CC1. The normalized spacial score (nSPS) is 24.1. The molecule has 34 heavy (non-hydrogen) atoms. The van der Waals surface area contributed by atoms with Gasteiger partial charge in [0.2, 0.25) is 0 Å². The Morgan fingerprint density at radius 2 is 1.88 bits per heavy atom. The van der Waals surface area contributed by atoms with Gasteiger partial charge in [0.05, 0.1) is 12.8 Å². The Morgan fingerprint density at radius 1 is 1.12 bits per heavy atom. The van der Waals surface area contributed by atoms with E-state index in [0.717, 1.165) is 61.6 Å². The molecule has 2 fully saturated rings. The number of aliphatic hydroxyl groups excluding tert-OH is 1. The number of aliphatic hydroxyl groups is 1. The summed E-state index contributed by atoms with van der Waals surface area (Å²) in [4.78, 5) is 12.5. The van der Waals surface area contributed by atoms with Crippen molar-refractivity contribution in [2.45, 2.75) is 18.6 Å². The molecular formula is C26H31FN4O3. The average molecular weight is 467 g/mol. The second kappa shape index (κ2) is 9.27. The molecule has 2 aromatic carbocycles. The molecule has 8 heteroatoms. The molecular weight excluding hydrogens is 435 g/mol. The molecule has 3 aliphatic rings. The largest absolute Gasteiger partial charge is 0.495 e. The van der Waals surface area contributed by atoms with Gasteiger partial charge in [-0.1, -0.05) is 11.2 Å². The van der Waals surface area contributed by atoms with Gasteiger partial charge in [-0.05, 0) is 73.5 Å². The van der Waals surface area contributed by atoms with Crippen LogP contribution in [0.2, 0.25) is 0 Å². The summed E-state index contributed by atoms with van der Waals surface area (Å²) in [6.45, 7) is 4.43. The smallest absolute Gasteiger partial charge is 0.260 e. The molecule has 3 aliphatic heterocycles. The molecule has 7 nitrogen and oxygen atoms in total. The fourth-order valence-electron chi connectivity index (χ4n) is 5.00. The first kappa shape index (κ1) is 22.7. The minimum absolute atomic E-state index is 0.285. The zero-order valence-corrected chi connectivity index (χ0v) is 19.7. The highest BCUT2D eigenvalue weighted by Gasteiger charge is 2.49. The second-order valence-corrected chi connectivity index (χ2v) is 9.10. The van der Waals surface area contributed by atoms with E-state index < -0.39 is 5.72 Å². The molecule has 180 valence electrons. The second-order valence-electron chi connectivity index (χ2n) is 9.10. The van der Waals surface area contributed by atoms with Crippen molar-refractivity contribution < 1.29 is 19.1 Å². The van der Waals surface area contributed by atoms with Crippen LogP contribution in [0.1, 0.15) is 24.0 Å². The number of nitrogens with zero attached hydrogens (tertiary/aromatic N) is 4. The first-order valence-electron chi connectivity index (χ1n) is 11.8. The number of halogens is 1. The van der Waals surface area contributed by atoms with Crippen LogP contribution in [0.5, 0.6) is 5.75 Å². The summed E-state index contributed by atoms with van der Waals surface area (Å²) in [5.74, 6) is 1.24. The highest BCUT2D eigenvalue weighted by atomic mass is 19.1. The number of anilines is 1. The summed E-state index contributed by atoms with van der Waals surface area (Å²) in [6, 6.07) is 12.3. The predicted molar refractivity (Wildman–Crippen MR) is 130 cm³/mol. The maximum absolute atomic E-state index is 13.5. The monoisotopic (exact) mass is 466 g/mol. The number of oxime groups is 1. The number of hydrogen-bond donors (Lipinski definition) is 1. The molecule has 0 bridgehead atoms. The molecule has 0 saturated carbocycles. The Bertz CT molecular complexity index is 1100. The zero-order valence-electron chi connectivity index (χ0n) is 19.7. The van der Waals surface area contributed by atoms with Crippen LogP contribution < -0.4 is 9.64 Å². The minimum atomic E-state index is -1.13. The van der Waals surface area contributed by atoms with Crippen molar-refractivity contribution in [1.29, 1.82) is 0 Å². The Morgan fingerprint density at radius 3 is 2.59 bits per heavy atom. The third kappa shape index (κ3) is 4.01. The number of hydrogen-bond acceptors (Lipinski definition) is 7. The van der Waals surface area contributed by atoms with Crippen molar-refractivity contribution in [3.8, 4) is 5.75 Å². The first-order valence-corrected chi connectivity index (χ1v) is 11.8. The molecule has 0 aliphatic carbocycles. The third-order valence-electron chi connectivity index (χ3n) is 6.99. The van der Waals surface area contributed by atoms with Gasteiger partial charge in [-0.2, -0.15) is 0 Å². The van der Waals surface area contributed by atoms with Gasteiger partial charge in [0.25, 0.3) is 5.72 Å². The third-order valence-corrected chi connectivity index (χ3v) is 6.99. The Hall–Kier alpha value is -3.10. The lowest BCUT2D eigenvalue weighted by atomic mass is 9.94. The minimum Gasteiger partial charge on any atom is -0.495 e. The lowest BCUT2D eigenvalue weighted by molar-refractivity contribution is -0.137. The highest BCUT2D eigenvalue weighted by molar-refractivity contribution is 6.03. The van der Waals surface area contributed by atoms with E-state index in [-0.39, 0.29) is 12.4 Å². The first-order chi connectivity index (χ1) is 16.5. The van der Waals surface area contributed by atoms with E-state index in [1.54, 1.807) is 19.2 Å².